The summed E-state index contributed by atoms with van der Waals surface area (Å²) in [6.07, 6.45) is 8.59. The van der Waals surface area contributed by atoms with Crippen molar-refractivity contribution >= 4 is 5.96 Å². The molecule has 0 amide bonds. The van der Waals surface area contributed by atoms with Crippen molar-refractivity contribution < 1.29 is 4.74 Å². The molecule has 6 nitrogen and oxygen atoms in total. The second kappa shape index (κ2) is 9.57. The average molecular weight is 358 g/mol. The molecule has 1 aromatic rings. The normalized spacial score (nSPS) is 20.8. The van der Waals surface area contributed by atoms with E-state index in [1.807, 2.05) is 18.3 Å². The molecule has 0 spiro atoms. The van der Waals surface area contributed by atoms with Crippen molar-refractivity contribution in [1.29, 1.82) is 0 Å². The fourth-order valence-electron chi connectivity index (χ4n) is 3.41. The summed E-state index contributed by atoms with van der Waals surface area (Å²) < 4.78 is 5.54. The van der Waals surface area contributed by atoms with Crippen molar-refractivity contribution in [3.05, 3.63) is 36.0 Å². The van der Waals surface area contributed by atoms with Gasteiger partial charge in [0, 0.05) is 51.0 Å². The predicted molar refractivity (Wildman–Crippen MR) is 106 cm³/mol. The Morgan fingerprint density at radius 1 is 1.31 bits per heavy atom. The number of pyridine rings is 1. The lowest BCUT2D eigenvalue weighted by atomic mass is 10.2. The van der Waals surface area contributed by atoms with Gasteiger partial charge in [0.1, 0.15) is 0 Å². The Labute approximate surface area is 157 Å². The number of hydrogen-bond donors (Lipinski definition) is 1. The van der Waals surface area contributed by atoms with Gasteiger partial charge in [0.2, 0.25) is 5.88 Å². The van der Waals surface area contributed by atoms with Crippen LogP contribution in [-0.4, -0.2) is 66.1 Å². The third kappa shape index (κ3) is 4.97. The summed E-state index contributed by atoms with van der Waals surface area (Å²) in [5.74, 6) is 1.70. The number of rotatable bonds is 7. The van der Waals surface area contributed by atoms with Crippen LogP contribution < -0.4 is 10.1 Å². The summed E-state index contributed by atoms with van der Waals surface area (Å²) in [5, 5.41) is 3.44. The fraction of sp³-hybridized carbons (Fsp3) is 0.600. The van der Waals surface area contributed by atoms with E-state index in [4.69, 9.17) is 9.73 Å². The largest absolute Gasteiger partial charge is 0.478 e. The maximum atomic E-state index is 5.54. The smallest absolute Gasteiger partial charge is 0.213 e. The minimum Gasteiger partial charge on any atom is -0.478 e. The summed E-state index contributed by atoms with van der Waals surface area (Å²) >= 11 is 0. The summed E-state index contributed by atoms with van der Waals surface area (Å²) in [6.45, 7) is 10.7. The van der Waals surface area contributed by atoms with E-state index in [1.165, 1.54) is 6.42 Å². The van der Waals surface area contributed by atoms with Gasteiger partial charge in [-0.1, -0.05) is 25.1 Å². The molecule has 1 N–H and O–H groups in total. The van der Waals surface area contributed by atoms with Crippen LogP contribution in [0.3, 0.4) is 0 Å². The SMILES string of the molecule is CCCOc1ccc(CN=C(NCC)N2CCC(N3CC=CC3)C2)cn1. The number of aromatic nitrogens is 1. The van der Waals surface area contributed by atoms with Crippen LogP contribution in [0.4, 0.5) is 0 Å². The Morgan fingerprint density at radius 3 is 2.85 bits per heavy atom. The van der Waals surface area contributed by atoms with Gasteiger partial charge >= 0.3 is 0 Å². The van der Waals surface area contributed by atoms with Gasteiger partial charge < -0.3 is 15.0 Å². The van der Waals surface area contributed by atoms with Crippen molar-refractivity contribution in [2.24, 2.45) is 4.99 Å². The number of ether oxygens (including phenoxy) is 1. The van der Waals surface area contributed by atoms with Crippen molar-refractivity contribution in [3.63, 3.8) is 0 Å². The molecule has 0 aliphatic carbocycles. The lowest BCUT2D eigenvalue weighted by Crippen LogP contribution is -2.42. The topological polar surface area (TPSA) is 53.0 Å². The number of nitrogens with one attached hydrogen (secondary N) is 1. The number of hydrogen-bond acceptors (Lipinski definition) is 4. The molecular weight excluding hydrogens is 326 g/mol. The molecule has 1 saturated heterocycles. The number of likely N-dealkylation sites (tertiary alicyclic amines) is 1. The Balaban J connectivity index is 1.56. The van der Waals surface area contributed by atoms with Crippen molar-refractivity contribution in [2.45, 2.75) is 39.3 Å². The van der Waals surface area contributed by atoms with E-state index >= 15 is 0 Å². The molecule has 1 aromatic heterocycles. The zero-order valence-corrected chi connectivity index (χ0v) is 16.0. The minimum atomic E-state index is 0.630. The van der Waals surface area contributed by atoms with Gasteiger partial charge in [0.15, 0.2) is 5.96 Å². The van der Waals surface area contributed by atoms with Crippen LogP contribution in [-0.2, 0) is 6.54 Å². The van der Waals surface area contributed by atoms with Crippen LogP contribution in [0.5, 0.6) is 5.88 Å². The molecule has 3 rings (SSSR count). The lowest BCUT2D eigenvalue weighted by molar-refractivity contribution is 0.259. The first-order valence-corrected chi connectivity index (χ1v) is 9.80. The van der Waals surface area contributed by atoms with E-state index in [2.05, 4.69) is 46.1 Å². The average Bonchev–Trinajstić information content (AvgIpc) is 3.35. The van der Waals surface area contributed by atoms with E-state index in [-0.39, 0.29) is 0 Å². The molecule has 142 valence electrons. The van der Waals surface area contributed by atoms with Gasteiger partial charge in [0.05, 0.1) is 13.2 Å². The fourth-order valence-corrected chi connectivity index (χ4v) is 3.41. The van der Waals surface area contributed by atoms with E-state index in [1.54, 1.807) is 0 Å². The van der Waals surface area contributed by atoms with Gasteiger partial charge in [-0.3, -0.25) is 4.90 Å². The van der Waals surface area contributed by atoms with Crippen molar-refractivity contribution in [2.75, 3.05) is 39.3 Å². The van der Waals surface area contributed by atoms with Crippen LogP contribution in [0.15, 0.2) is 35.5 Å². The highest BCUT2D eigenvalue weighted by Crippen LogP contribution is 2.18. The van der Waals surface area contributed by atoms with Gasteiger partial charge in [0.25, 0.3) is 0 Å². The second-order valence-electron chi connectivity index (χ2n) is 6.84. The molecule has 1 atom stereocenters. The molecule has 0 saturated carbocycles. The summed E-state index contributed by atoms with van der Waals surface area (Å²) in [6, 6.07) is 4.61. The highest BCUT2D eigenvalue weighted by molar-refractivity contribution is 5.80. The maximum absolute atomic E-state index is 5.54. The van der Waals surface area contributed by atoms with E-state index in [0.29, 0.717) is 25.1 Å². The van der Waals surface area contributed by atoms with Gasteiger partial charge in [-0.2, -0.15) is 0 Å². The first-order valence-electron chi connectivity index (χ1n) is 9.80. The minimum absolute atomic E-state index is 0.630. The highest BCUT2D eigenvalue weighted by Gasteiger charge is 2.29. The molecule has 2 aliphatic heterocycles. The molecular formula is C20H31N5O. The van der Waals surface area contributed by atoms with Crippen LogP contribution in [0.25, 0.3) is 0 Å². The first kappa shape index (κ1) is 18.7. The van der Waals surface area contributed by atoms with Crippen LogP contribution >= 0.6 is 0 Å². The number of aliphatic imine (C=N–C) groups is 1. The van der Waals surface area contributed by atoms with Gasteiger partial charge in [-0.05, 0) is 25.3 Å². The molecule has 2 aliphatic rings. The monoisotopic (exact) mass is 357 g/mol. The van der Waals surface area contributed by atoms with Crippen LogP contribution in [0.1, 0.15) is 32.3 Å². The third-order valence-electron chi connectivity index (χ3n) is 4.82. The quantitative estimate of drug-likeness (QED) is 0.461. The summed E-state index contributed by atoms with van der Waals surface area (Å²) in [4.78, 5) is 14.1. The van der Waals surface area contributed by atoms with Crippen molar-refractivity contribution in [1.82, 2.24) is 20.1 Å². The Kier molecular flexibility index (Phi) is 6.89. The number of nitrogens with zero attached hydrogens (tertiary/aromatic N) is 4. The third-order valence-corrected chi connectivity index (χ3v) is 4.82. The van der Waals surface area contributed by atoms with Crippen LogP contribution in [0, 0.1) is 0 Å². The van der Waals surface area contributed by atoms with E-state index in [9.17, 15) is 0 Å². The standard InChI is InChI=1S/C20H31N5O/c1-3-13-26-19-8-7-17(14-22-19)15-23-20(21-4-2)25-12-9-18(16-25)24-10-5-6-11-24/h5-8,14,18H,3-4,9-13,15-16H2,1-2H3,(H,21,23). The molecule has 26 heavy (non-hydrogen) atoms. The van der Waals surface area contributed by atoms with Gasteiger partial charge in [-0.15, -0.1) is 0 Å². The van der Waals surface area contributed by atoms with Gasteiger partial charge in [-0.25, -0.2) is 9.98 Å². The zero-order chi connectivity index (χ0) is 18.2. The Bertz CT molecular complexity index is 605. The first-order chi connectivity index (χ1) is 12.8. The lowest BCUT2D eigenvalue weighted by Gasteiger charge is -2.25. The summed E-state index contributed by atoms with van der Waals surface area (Å²) in [5.41, 5.74) is 1.10. The second-order valence-corrected chi connectivity index (χ2v) is 6.84. The Morgan fingerprint density at radius 2 is 2.15 bits per heavy atom. The number of guanidine groups is 1. The molecule has 0 aromatic carbocycles. The zero-order valence-electron chi connectivity index (χ0n) is 16.0. The maximum Gasteiger partial charge on any atom is 0.213 e. The predicted octanol–water partition coefficient (Wildman–Crippen LogP) is 2.28. The molecule has 6 heteroatoms. The molecule has 1 unspecified atom stereocenters. The summed E-state index contributed by atoms with van der Waals surface area (Å²) in [7, 11) is 0. The van der Waals surface area contributed by atoms with Crippen LogP contribution in [0.2, 0.25) is 0 Å². The highest BCUT2D eigenvalue weighted by atomic mass is 16.5. The Hall–Kier alpha value is -2.08. The van der Waals surface area contributed by atoms with E-state index in [0.717, 1.165) is 50.7 Å². The van der Waals surface area contributed by atoms with E-state index < -0.39 is 0 Å². The molecule has 1 fully saturated rings. The molecule has 0 bridgehead atoms. The molecule has 3 heterocycles. The van der Waals surface area contributed by atoms with Crippen molar-refractivity contribution in [3.8, 4) is 5.88 Å². The molecule has 0 radical (unpaired) electrons.